The highest BCUT2D eigenvalue weighted by Gasteiger charge is 2.36. The Hall–Kier alpha value is -3.50. The van der Waals surface area contributed by atoms with Crippen LogP contribution in [0.25, 0.3) is 0 Å². The molecule has 1 amide bonds. The van der Waals surface area contributed by atoms with Crippen molar-refractivity contribution in [3.8, 4) is 29.7 Å². The monoisotopic (exact) mass is 322 g/mol. The molecule has 1 aromatic rings. The third kappa shape index (κ3) is 2.99. The van der Waals surface area contributed by atoms with E-state index in [1.807, 2.05) is 0 Å². The van der Waals surface area contributed by atoms with E-state index in [1.54, 1.807) is 30.3 Å². The summed E-state index contributed by atoms with van der Waals surface area (Å²) in [7, 11) is 3.00. The maximum Gasteiger partial charge on any atom is 0.224 e. The normalized spacial score (nSPS) is 19.3. The van der Waals surface area contributed by atoms with Crippen LogP contribution in [0, 0.1) is 39.9 Å². The summed E-state index contributed by atoms with van der Waals surface area (Å²) in [6.45, 7) is 0. The lowest BCUT2D eigenvalue weighted by Gasteiger charge is -2.30. The number of nitrogens with zero attached hydrogens (tertiary/aromatic N) is 3. The van der Waals surface area contributed by atoms with Crippen molar-refractivity contribution < 1.29 is 14.3 Å². The van der Waals surface area contributed by atoms with E-state index in [0.29, 0.717) is 17.1 Å². The van der Waals surface area contributed by atoms with Crippen molar-refractivity contribution in [1.82, 2.24) is 5.32 Å². The first kappa shape index (κ1) is 16.9. The highest BCUT2D eigenvalue weighted by Crippen LogP contribution is 2.39. The van der Waals surface area contributed by atoms with Crippen molar-refractivity contribution in [2.24, 2.45) is 5.92 Å². The zero-order valence-corrected chi connectivity index (χ0v) is 13.2. The molecule has 1 N–H and O–H groups in total. The molecule has 2 atom stereocenters. The second kappa shape index (κ2) is 7.17. The Balaban J connectivity index is 2.55. The van der Waals surface area contributed by atoms with Gasteiger partial charge in [0.25, 0.3) is 0 Å². The summed E-state index contributed by atoms with van der Waals surface area (Å²) in [6, 6.07) is 10.7. The number of carbonyl (C=O) groups is 1. The zero-order chi connectivity index (χ0) is 17.7. The predicted octanol–water partition coefficient (Wildman–Crippen LogP) is 1.75. The fraction of sp³-hybridized carbons (Fsp3) is 0.294. The van der Waals surface area contributed by atoms with Gasteiger partial charge in [0.15, 0.2) is 11.5 Å². The third-order valence-electron chi connectivity index (χ3n) is 3.86. The Kier molecular flexibility index (Phi) is 5.04. The quantitative estimate of drug-likeness (QED) is 0.847. The number of methoxy groups -OCH3 is 2. The van der Waals surface area contributed by atoms with Gasteiger partial charge in [0.05, 0.1) is 31.9 Å². The first-order chi connectivity index (χ1) is 11.6. The number of hydrogen-bond acceptors (Lipinski definition) is 6. The minimum Gasteiger partial charge on any atom is -0.493 e. The topological polar surface area (TPSA) is 119 Å². The van der Waals surface area contributed by atoms with Crippen LogP contribution in [0.15, 0.2) is 29.5 Å². The Bertz CT molecular complexity index is 808. The molecule has 0 radical (unpaired) electrons. The van der Waals surface area contributed by atoms with E-state index >= 15 is 0 Å². The number of nitriles is 3. The van der Waals surface area contributed by atoms with Crippen LogP contribution in [-0.4, -0.2) is 20.1 Å². The van der Waals surface area contributed by atoms with E-state index in [1.165, 1.54) is 14.2 Å². The first-order valence-electron chi connectivity index (χ1n) is 7.05. The van der Waals surface area contributed by atoms with Gasteiger partial charge in [-0.3, -0.25) is 4.79 Å². The fourth-order valence-corrected chi connectivity index (χ4v) is 2.71. The Morgan fingerprint density at radius 1 is 1.17 bits per heavy atom. The van der Waals surface area contributed by atoms with Crippen LogP contribution in [0.2, 0.25) is 0 Å². The van der Waals surface area contributed by atoms with Crippen molar-refractivity contribution in [1.29, 1.82) is 15.8 Å². The number of ether oxygens (including phenoxy) is 2. The van der Waals surface area contributed by atoms with E-state index in [0.717, 1.165) is 0 Å². The summed E-state index contributed by atoms with van der Waals surface area (Å²) in [4.78, 5) is 12.0. The Morgan fingerprint density at radius 2 is 1.83 bits per heavy atom. The summed E-state index contributed by atoms with van der Waals surface area (Å²) < 4.78 is 10.4. The first-order valence-corrected chi connectivity index (χ1v) is 7.05. The summed E-state index contributed by atoms with van der Waals surface area (Å²) in [5, 5.41) is 30.1. The molecule has 7 heteroatoms. The molecule has 0 spiro atoms. The molecular weight excluding hydrogens is 308 g/mol. The minimum atomic E-state index is -0.810. The van der Waals surface area contributed by atoms with Crippen molar-refractivity contribution in [2.75, 3.05) is 14.2 Å². The molecule has 2 rings (SSSR count). The second-order valence-corrected chi connectivity index (χ2v) is 5.09. The van der Waals surface area contributed by atoms with Crippen LogP contribution in [0.4, 0.5) is 0 Å². The summed E-state index contributed by atoms with van der Waals surface area (Å²) >= 11 is 0. The van der Waals surface area contributed by atoms with Gasteiger partial charge in [-0.2, -0.15) is 15.8 Å². The highest BCUT2D eigenvalue weighted by atomic mass is 16.5. The molecule has 1 saturated heterocycles. The standard InChI is InChI=1S/C17H14N4O3/c1-23-14-4-3-10(5-15(14)24-2)12-6-16(22)21-17(13(12)9-20)11(7-18)8-19/h3-5,12-13H,6H2,1-2H3,(H,21,22). The molecule has 1 aliphatic heterocycles. The Morgan fingerprint density at radius 3 is 2.38 bits per heavy atom. The maximum absolute atomic E-state index is 12.0. The predicted molar refractivity (Wildman–Crippen MR) is 82.4 cm³/mol. The molecule has 1 heterocycles. The van der Waals surface area contributed by atoms with Crippen LogP contribution >= 0.6 is 0 Å². The van der Waals surface area contributed by atoms with Crippen LogP contribution in [0.1, 0.15) is 17.9 Å². The average molecular weight is 322 g/mol. The summed E-state index contributed by atoms with van der Waals surface area (Å²) in [6.07, 6.45) is 0.0708. The lowest BCUT2D eigenvalue weighted by Crippen LogP contribution is -2.38. The van der Waals surface area contributed by atoms with E-state index in [9.17, 15) is 10.1 Å². The Labute approximate surface area is 139 Å². The van der Waals surface area contributed by atoms with Crippen molar-refractivity contribution in [3.63, 3.8) is 0 Å². The molecule has 7 nitrogen and oxygen atoms in total. The molecule has 0 aliphatic carbocycles. The second-order valence-electron chi connectivity index (χ2n) is 5.09. The van der Waals surface area contributed by atoms with Gasteiger partial charge >= 0.3 is 0 Å². The number of nitrogens with one attached hydrogen (secondary N) is 1. The molecule has 0 saturated carbocycles. The van der Waals surface area contributed by atoms with E-state index in [2.05, 4.69) is 11.4 Å². The van der Waals surface area contributed by atoms with Gasteiger partial charge < -0.3 is 14.8 Å². The average Bonchev–Trinajstić information content (AvgIpc) is 2.61. The van der Waals surface area contributed by atoms with Crippen molar-refractivity contribution in [2.45, 2.75) is 12.3 Å². The highest BCUT2D eigenvalue weighted by molar-refractivity contribution is 5.81. The SMILES string of the molecule is COc1ccc(C2CC(=O)NC(=C(C#N)C#N)C2C#N)cc1OC. The molecule has 120 valence electrons. The molecule has 1 aromatic carbocycles. The number of benzene rings is 1. The van der Waals surface area contributed by atoms with Crippen molar-refractivity contribution >= 4 is 5.91 Å². The molecule has 1 fully saturated rings. The van der Waals surface area contributed by atoms with Gasteiger partial charge in [0.1, 0.15) is 17.7 Å². The van der Waals surface area contributed by atoms with Crippen LogP contribution in [0.5, 0.6) is 11.5 Å². The fourth-order valence-electron chi connectivity index (χ4n) is 2.71. The smallest absolute Gasteiger partial charge is 0.224 e. The van der Waals surface area contributed by atoms with E-state index < -0.39 is 11.8 Å². The van der Waals surface area contributed by atoms with Gasteiger partial charge in [-0.1, -0.05) is 6.07 Å². The number of hydrogen-bond donors (Lipinski definition) is 1. The molecule has 2 unspecified atom stereocenters. The van der Waals surface area contributed by atoms with Crippen LogP contribution in [-0.2, 0) is 4.79 Å². The number of allylic oxidation sites excluding steroid dienone is 2. The number of piperidine rings is 1. The maximum atomic E-state index is 12.0. The largest absolute Gasteiger partial charge is 0.493 e. The molecule has 0 aromatic heterocycles. The number of rotatable bonds is 3. The summed E-state index contributed by atoms with van der Waals surface area (Å²) in [5.41, 5.74) is 0.486. The van der Waals surface area contributed by atoms with E-state index in [-0.39, 0.29) is 23.6 Å². The minimum absolute atomic E-state index is 0.0542. The van der Waals surface area contributed by atoms with Gasteiger partial charge in [-0.25, -0.2) is 0 Å². The third-order valence-corrected chi connectivity index (χ3v) is 3.86. The van der Waals surface area contributed by atoms with E-state index in [4.69, 9.17) is 20.0 Å². The zero-order valence-electron chi connectivity index (χ0n) is 13.2. The molecule has 1 aliphatic rings. The van der Waals surface area contributed by atoms with Gasteiger partial charge in [-0.05, 0) is 17.7 Å². The van der Waals surface area contributed by atoms with Gasteiger partial charge in [0.2, 0.25) is 5.91 Å². The van der Waals surface area contributed by atoms with Crippen molar-refractivity contribution in [3.05, 3.63) is 35.0 Å². The number of amides is 1. The van der Waals surface area contributed by atoms with Crippen LogP contribution < -0.4 is 14.8 Å². The molecule has 0 bridgehead atoms. The van der Waals surface area contributed by atoms with Crippen LogP contribution in [0.3, 0.4) is 0 Å². The molecule has 24 heavy (non-hydrogen) atoms. The van der Waals surface area contributed by atoms with Gasteiger partial charge in [-0.15, -0.1) is 0 Å². The number of carbonyl (C=O) groups excluding carboxylic acids is 1. The van der Waals surface area contributed by atoms with Gasteiger partial charge in [0, 0.05) is 12.3 Å². The lowest BCUT2D eigenvalue weighted by molar-refractivity contribution is -0.122. The lowest BCUT2D eigenvalue weighted by atomic mass is 9.78. The molecular formula is C17H14N4O3. The summed E-state index contributed by atoms with van der Waals surface area (Å²) in [5.74, 6) is -0.644.